The molecule has 1 aliphatic rings. The van der Waals surface area contributed by atoms with Gasteiger partial charge in [-0.1, -0.05) is 44.5 Å². The quantitative estimate of drug-likeness (QED) is 0.221. The smallest absolute Gasteiger partial charge is 0.338 e. The second kappa shape index (κ2) is 12.7. The van der Waals surface area contributed by atoms with Crippen LogP contribution in [0.15, 0.2) is 34.6 Å². The van der Waals surface area contributed by atoms with Gasteiger partial charge in [0.25, 0.3) is 0 Å². The summed E-state index contributed by atoms with van der Waals surface area (Å²) in [6.07, 6.45) is 3.98. The molecule has 34 heavy (non-hydrogen) atoms. The SMILES string of the molecule is CCCCOC(=O)C1=C(C)Nc2nc(SCCCC)nn2C1c1ccc(OCC)c(OCC)c1. The number of carbonyl (C=O) groups is 1. The largest absolute Gasteiger partial charge is 0.490 e. The fraction of sp³-hybridized carbons (Fsp3) is 0.560. The molecule has 0 saturated heterocycles. The van der Waals surface area contributed by atoms with Crippen molar-refractivity contribution in [3.8, 4) is 11.5 Å². The van der Waals surface area contributed by atoms with Gasteiger partial charge in [0.15, 0.2) is 11.5 Å². The highest BCUT2D eigenvalue weighted by atomic mass is 32.2. The van der Waals surface area contributed by atoms with Gasteiger partial charge in [-0.05, 0) is 51.3 Å². The Hall–Kier alpha value is -2.68. The molecular formula is C25H36N4O4S. The van der Waals surface area contributed by atoms with Crippen LogP contribution in [-0.4, -0.2) is 46.3 Å². The lowest BCUT2D eigenvalue weighted by molar-refractivity contribution is -0.139. The minimum absolute atomic E-state index is 0.350. The number of thioether (sulfide) groups is 1. The maximum absolute atomic E-state index is 13.2. The van der Waals surface area contributed by atoms with Gasteiger partial charge in [0.2, 0.25) is 11.1 Å². The van der Waals surface area contributed by atoms with Gasteiger partial charge < -0.3 is 19.5 Å². The van der Waals surface area contributed by atoms with Crippen LogP contribution in [0.3, 0.4) is 0 Å². The van der Waals surface area contributed by atoms with Crippen LogP contribution < -0.4 is 14.8 Å². The van der Waals surface area contributed by atoms with Gasteiger partial charge in [-0.3, -0.25) is 0 Å². The number of ether oxygens (including phenoxy) is 3. The zero-order valence-corrected chi connectivity index (χ0v) is 21.7. The highest BCUT2D eigenvalue weighted by Crippen LogP contribution is 2.40. The van der Waals surface area contributed by atoms with Crippen LogP contribution in [0.4, 0.5) is 5.95 Å². The second-order valence-electron chi connectivity index (χ2n) is 7.99. The van der Waals surface area contributed by atoms with Crippen LogP contribution in [0.2, 0.25) is 0 Å². The first-order valence-electron chi connectivity index (χ1n) is 12.2. The molecule has 9 heteroatoms. The number of unbranched alkanes of at least 4 members (excludes halogenated alkanes) is 2. The van der Waals surface area contributed by atoms with Crippen LogP contribution >= 0.6 is 11.8 Å². The normalized spacial score (nSPS) is 15.0. The topological polar surface area (TPSA) is 87.5 Å². The van der Waals surface area contributed by atoms with Crippen molar-refractivity contribution in [1.82, 2.24) is 14.8 Å². The Kier molecular flexibility index (Phi) is 9.68. The van der Waals surface area contributed by atoms with E-state index in [4.69, 9.17) is 19.3 Å². The summed E-state index contributed by atoms with van der Waals surface area (Å²) in [7, 11) is 0. The number of nitrogens with zero attached hydrogens (tertiary/aromatic N) is 3. The highest BCUT2D eigenvalue weighted by molar-refractivity contribution is 7.99. The molecule has 186 valence electrons. The number of anilines is 1. The number of carbonyl (C=O) groups excluding carboxylic acids is 1. The van der Waals surface area contributed by atoms with Gasteiger partial charge in [0.1, 0.15) is 6.04 Å². The Labute approximate surface area is 206 Å². The van der Waals surface area contributed by atoms with Gasteiger partial charge in [-0.15, -0.1) is 5.10 Å². The molecule has 0 spiro atoms. The number of nitrogens with one attached hydrogen (secondary N) is 1. The van der Waals surface area contributed by atoms with Crippen molar-refractivity contribution in [3.63, 3.8) is 0 Å². The van der Waals surface area contributed by atoms with E-state index in [0.717, 1.165) is 37.0 Å². The highest BCUT2D eigenvalue weighted by Gasteiger charge is 2.35. The average molecular weight is 489 g/mol. The van der Waals surface area contributed by atoms with Crippen LogP contribution in [0.5, 0.6) is 11.5 Å². The van der Waals surface area contributed by atoms with Crippen LogP contribution in [0.25, 0.3) is 0 Å². The molecular weight excluding hydrogens is 452 g/mol. The molecule has 1 atom stereocenters. The van der Waals surface area contributed by atoms with E-state index in [1.807, 2.05) is 39.0 Å². The Morgan fingerprint density at radius 2 is 1.82 bits per heavy atom. The van der Waals surface area contributed by atoms with Crippen molar-refractivity contribution >= 4 is 23.7 Å². The minimum Gasteiger partial charge on any atom is -0.490 e. The van der Waals surface area contributed by atoms with Gasteiger partial charge >= 0.3 is 5.97 Å². The first-order valence-corrected chi connectivity index (χ1v) is 13.2. The third kappa shape index (κ3) is 6.05. The van der Waals surface area contributed by atoms with Crippen molar-refractivity contribution in [2.75, 3.05) is 30.9 Å². The molecule has 0 radical (unpaired) electrons. The molecule has 2 heterocycles. The predicted molar refractivity (Wildman–Crippen MR) is 135 cm³/mol. The molecule has 2 aromatic rings. The third-order valence-corrected chi connectivity index (χ3v) is 6.32. The first kappa shape index (κ1) is 25.9. The Balaban J connectivity index is 2.05. The van der Waals surface area contributed by atoms with E-state index in [-0.39, 0.29) is 5.97 Å². The van der Waals surface area contributed by atoms with E-state index in [1.165, 1.54) is 0 Å². The average Bonchev–Trinajstić information content (AvgIpc) is 3.22. The number of rotatable bonds is 13. The number of benzene rings is 1. The van der Waals surface area contributed by atoms with Gasteiger partial charge in [0, 0.05) is 11.4 Å². The minimum atomic E-state index is -0.492. The van der Waals surface area contributed by atoms with Crippen LogP contribution in [0, 0.1) is 0 Å². The fourth-order valence-corrected chi connectivity index (χ4v) is 4.61. The Morgan fingerprint density at radius 1 is 1.09 bits per heavy atom. The van der Waals surface area contributed by atoms with Crippen molar-refractivity contribution in [2.45, 2.75) is 71.5 Å². The van der Waals surface area contributed by atoms with Gasteiger partial charge in [0.05, 0.1) is 25.4 Å². The van der Waals surface area contributed by atoms with E-state index < -0.39 is 6.04 Å². The molecule has 0 bridgehead atoms. The summed E-state index contributed by atoms with van der Waals surface area (Å²) in [6.45, 7) is 11.4. The van der Waals surface area contributed by atoms with Crippen LogP contribution in [-0.2, 0) is 9.53 Å². The lowest BCUT2D eigenvalue weighted by Crippen LogP contribution is -2.30. The monoisotopic (exact) mass is 488 g/mol. The van der Waals surface area contributed by atoms with E-state index in [1.54, 1.807) is 16.4 Å². The van der Waals surface area contributed by atoms with E-state index in [0.29, 0.717) is 53.7 Å². The molecule has 1 aromatic carbocycles. The molecule has 3 rings (SSSR count). The molecule has 0 amide bonds. The number of hydrogen-bond donors (Lipinski definition) is 1. The Bertz CT molecular complexity index is 1000. The maximum atomic E-state index is 13.2. The summed E-state index contributed by atoms with van der Waals surface area (Å²) in [5.74, 6) is 2.51. The number of hydrogen-bond acceptors (Lipinski definition) is 8. The van der Waals surface area contributed by atoms with E-state index >= 15 is 0 Å². The molecule has 1 aliphatic heterocycles. The number of fused-ring (bicyclic) bond motifs is 1. The zero-order valence-electron chi connectivity index (χ0n) is 20.8. The number of aromatic nitrogens is 3. The lowest BCUT2D eigenvalue weighted by atomic mass is 9.95. The number of allylic oxidation sites excluding steroid dienone is 1. The molecule has 8 nitrogen and oxygen atoms in total. The maximum Gasteiger partial charge on any atom is 0.338 e. The van der Waals surface area contributed by atoms with Crippen molar-refractivity contribution in [3.05, 3.63) is 35.0 Å². The summed E-state index contributed by atoms with van der Waals surface area (Å²) in [4.78, 5) is 17.9. The standard InChI is InChI=1S/C25H36N4O4S/c1-6-10-14-33-23(30)21-17(5)26-24-27-25(34-15-11-7-2)28-29(24)22(21)18-12-13-19(31-8-3)20(16-18)32-9-4/h12-13,16,22H,6-11,14-15H2,1-5H3,(H,26,27,28). The molecule has 0 fully saturated rings. The molecule has 1 unspecified atom stereocenters. The summed E-state index contributed by atoms with van der Waals surface area (Å²) in [5, 5.41) is 8.72. The van der Waals surface area contributed by atoms with Crippen molar-refractivity contribution in [1.29, 1.82) is 0 Å². The molecule has 0 aliphatic carbocycles. The second-order valence-corrected chi connectivity index (χ2v) is 9.05. The summed E-state index contributed by atoms with van der Waals surface area (Å²) in [5.41, 5.74) is 2.08. The summed E-state index contributed by atoms with van der Waals surface area (Å²) < 4.78 is 19.0. The summed E-state index contributed by atoms with van der Waals surface area (Å²) >= 11 is 1.62. The number of esters is 1. The van der Waals surface area contributed by atoms with Gasteiger partial charge in [-0.25, -0.2) is 9.48 Å². The van der Waals surface area contributed by atoms with Crippen molar-refractivity contribution < 1.29 is 19.0 Å². The predicted octanol–water partition coefficient (Wildman–Crippen LogP) is 5.60. The third-order valence-electron chi connectivity index (χ3n) is 5.40. The Morgan fingerprint density at radius 3 is 2.53 bits per heavy atom. The van der Waals surface area contributed by atoms with E-state index in [2.05, 4.69) is 24.1 Å². The van der Waals surface area contributed by atoms with Crippen LogP contribution in [0.1, 0.15) is 71.9 Å². The van der Waals surface area contributed by atoms with Gasteiger partial charge in [-0.2, -0.15) is 4.98 Å². The zero-order chi connectivity index (χ0) is 24.5. The molecule has 1 aromatic heterocycles. The van der Waals surface area contributed by atoms with E-state index in [9.17, 15) is 4.79 Å². The first-order chi connectivity index (χ1) is 16.5. The summed E-state index contributed by atoms with van der Waals surface area (Å²) in [6, 6.07) is 5.26. The molecule has 0 saturated carbocycles. The molecule has 1 N–H and O–H groups in total. The lowest BCUT2D eigenvalue weighted by Gasteiger charge is -2.28. The van der Waals surface area contributed by atoms with Crippen molar-refractivity contribution in [2.24, 2.45) is 0 Å². The fourth-order valence-electron chi connectivity index (χ4n) is 3.70.